The van der Waals surface area contributed by atoms with Gasteiger partial charge in [0.25, 0.3) is 0 Å². The first kappa shape index (κ1) is 15.8. The number of hydrogen-bond acceptors (Lipinski definition) is 2. The lowest BCUT2D eigenvalue weighted by molar-refractivity contribution is 0.0836. The summed E-state index contributed by atoms with van der Waals surface area (Å²) in [6.07, 6.45) is 3.03. The van der Waals surface area contributed by atoms with E-state index in [1.54, 1.807) is 7.11 Å². The van der Waals surface area contributed by atoms with Crippen LogP contribution in [0.5, 0.6) is 0 Å². The van der Waals surface area contributed by atoms with Gasteiger partial charge in [0.05, 0.1) is 13.4 Å². The molecule has 0 aliphatic heterocycles. The molecule has 0 aromatic rings. The Hall–Kier alpha value is -0.283. The first-order chi connectivity index (χ1) is 8.02. The average Bonchev–Trinajstić information content (AvgIpc) is 2.20. The molecule has 2 nitrogen and oxygen atoms in total. The fourth-order valence-electron chi connectivity index (χ4n) is 2.05. The Morgan fingerprint density at radius 3 is 2.28 bits per heavy atom. The number of rotatable bonds is 4. The van der Waals surface area contributed by atoms with E-state index in [4.69, 9.17) is 9.16 Å². The third kappa shape index (κ3) is 2.99. The van der Waals surface area contributed by atoms with Gasteiger partial charge in [0.15, 0.2) is 8.32 Å². The Labute approximate surface area is 114 Å². The van der Waals surface area contributed by atoms with Gasteiger partial charge in [-0.05, 0) is 41.5 Å². The molecule has 0 saturated heterocycles. The van der Waals surface area contributed by atoms with Gasteiger partial charge in [0.1, 0.15) is 0 Å². The van der Waals surface area contributed by atoms with Gasteiger partial charge >= 0.3 is 0 Å². The van der Waals surface area contributed by atoms with Gasteiger partial charge in [-0.15, -0.1) is 0 Å². The third-order valence-electron chi connectivity index (χ3n) is 5.03. The first-order valence-electron chi connectivity index (χ1n) is 6.88. The SMILES string of the molecule is COC=C1CC(CO[Si](C)(C)C(C)(C)C)C1(C)C. The molecule has 0 aromatic heterocycles. The highest BCUT2D eigenvalue weighted by Gasteiger charge is 2.46. The normalized spacial score (nSPS) is 26.0. The maximum Gasteiger partial charge on any atom is 0.191 e. The maximum atomic E-state index is 6.33. The van der Waals surface area contributed by atoms with Crippen LogP contribution in [0.2, 0.25) is 18.1 Å². The van der Waals surface area contributed by atoms with Crippen LogP contribution >= 0.6 is 0 Å². The Kier molecular flexibility index (Phi) is 4.39. The van der Waals surface area contributed by atoms with Crippen molar-refractivity contribution in [1.29, 1.82) is 0 Å². The molecule has 0 amide bonds. The standard InChI is InChI=1S/C15H30O2Si/c1-14(2,3)18(7,8)17-11-13-9-12(10-16-6)15(13,4)5/h10,13H,9,11H2,1-8H3. The lowest BCUT2D eigenvalue weighted by atomic mass is 9.59. The van der Waals surface area contributed by atoms with Gasteiger partial charge in [-0.2, -0.15) is 0 Å². The smallest absolute Gasteiger partial charge is 0.191 e. The third-order valence-corrected chi connectivity index (χ3v) is 9.53. The zero-order chi connectivity index (χ0) is 14.2. The molecule has 0 spiro atoms. The molecule has 3 heteroatoms. The van der Waals surface area contributed by atoms with Crippen LogP contribution in [0.1, 0.15) is 41.0 Å². The van der Waals surface area contributed by atoms with E-state index in [9.17, 15) is 0 Å². The molecule has 106 valence electrons. The molecule has 0 aromatic carbocycles. The summed E-state index contributed by atoms with van der Waals surface area (Å²) in [6, 6.07) is 0. The van der Waals surface area contributed by atoms with Crippen LogP contribution in [0.4, 0.5) is 0 Å². The van der Waals surface area contributed by atoms with Crippen molar-refractivity contribution in [2.24, 2.45) is 11.3 Å². The van der Waals surface area contributed by atoms with Gasteiger partial charge in [-0.1, -0.05) is 34.6 Å². The number of ether oxygens (including phenoxy) is 1. The van der Waals surface area contributed by atoms with Crippen molar-refractivity contribution in [2.75, 3.05) is 13.7 Å². The van der Waals surface area contributed by atoms with Crippen molar-refractivity contribution in [1.82, 2.24) is 0 Å². The van der Waals surface area contributed by atoms with E-state index in [0.29, 0.717) is 11.0 Å². The summed E-state index contributed by atoms with van der Waals surface area (Å²) < 4.78 is 11.5. The van der Waals surface area contributed by atoms with Gasteiger partial charge < -0.3 is 9.16 Å². The molecule has 0 heterocycles. The van der Waals surface area contributed by atoms with Gasteiger partial charge in [-0.3, -0.25) is 0 Å². The van der Waals surface area contributed by atoms with E-state index in [1.165, 1.54) is 5.57 Å². The minimum atomic E-state index is -1.60. The van der Waals surface area contributed by atoms with Gasteiger partial charge in [-0.25, -0.2) is 0 Å². The van der Waals surface area contributed by atoms with Crippen LogP contribution in [-0.4, -0.2) is 22.0 Å². The summed E-state index contributed by atoms with van der Waals surface area (Å²) in [7, 11) is 0.121. The molecule has 0 N–H and O–H groups in total. The number of methoxy groups -OCH3 is 1. The second-order valence-corrected chi connectivity index (χ2v) is 12.4. The van der Waals surface area contributed by atoms with Crippen molar-refractivity contribution < 1.29 is 9.16 Å². The van der Waals surface area contributed by atoms with Crippen LogP contribution in [0.3, 0.4) is 0 Å². The summed E-state index contributed by atoms with van der Waals surface area (Å²) in [5.41, 5.74) is 1.65. The van der Waals surface area contributed by atoms with Crippen LogP contribution < -0.4 is 0 Å². The topological polar surface area (TPSA) is 18.5 Å². The molecular formula is C15H30O2Si. The molecule has 1 fully saturated rings. The minimum Gasteiger partial charge on any atom is -0.504 e. The zero-order valence-electron chi connectivity index (χ0n) is 13.4. The lowest BCUT2D eigenvalue weighted by Crippen LogP contribution is -2.47. The molecule has 1 saturated carbocycles. The predicted octanol–water partition coefficient (Wildman–Crippen LogP) is 4.58. The van der Waals surface area contributed by atoms with Crippen LogP contribution in [-0.2, 0) is 9.16 Å². The van der Waals surface area contributed by atoms with Crippen molar-refractivity contribution in [3.05, 3.63) is 11.8 Å². The quantitative estimate of drug-likeness (QED) is 0.550. The molecule has 0 radical (unpaired) electrons. The van der Waals surface area contributed by atoms with Gasteiger partial charge in [0.2, 0.25) is 0 Å². The predicted molar refractivity (Wildman–Crippen MR) is 80.1 cm³/mol. The van der Waals surface area contributed by atoms with Crippen LogP contribution in [0.15, 0.2) is 11.8 Å². The summed E-state index contributed by atoms with van der Waals surface area (Å²) in [6.45, 7) is 17.0. The molecule has 18 heavy (non-hydrogen) atoms. The molecule has 1 aliphatic carbocycles. The summed E-state index contributed by atoms with van der Waals surface area (Å²) in [4.78, 5) is 0. The molecule has 1 unspecified atom stereocenters. The Bertz CT molecular complexity index is 324. The van der Waals surface area contributed by atoms with E-state index in [-0.39, 0.29) is 5.41 Å². The molecule has 1 rings (SSSR count). The largest absolute Gasteiger partial charge is 0.504 e. The second kappa shape index (κ2) is 5.01. The highest BCUT2D eigenvalue weighted by molar-refractivity contribution is 6.74. The van der Waals surface area contributed by atoms with Crippen molar-refractivity contribution in [3.63, 3.8) is 0 Å². The Morgan fingerprint density at radius 1 is 1.33 bits per heavy atom. The number of hydrogen-bond donors (Lipinski definition) is 0. The monoisotopic (exact) mass is 270 g/mol. The average molecular weight is 270 g/mol. The van der Waals surface area contributed by atoms with Crippen molar-refractivity contribution in [2.45, 2.75) is 59.2 Å². The lowest BCUT2D eigenvalue weighted by Gasteiger charge is -2.48. The highest BCUT2D eigenvalue weighted by atomic mass is 28.4. The van der Waals surface area contributed by atoms with Crippen LogP contribution in [0, 0.1) is 11.3 Å². The fourth-order valence-corrected chi connectivity index (χ4v) is 3.10. The molecular weight excluding hydrogens is 240 g/mol. The van der Waals surface area contributed by atoms with Crippen molar-refractivity contribution in [3.8, 4) is 0 Å². The van der Waals surface area contributed by atoms with E-state index >= 15 is 0 Å². The molecule has 0 bridgehead atoms. The summed E-state index contributed by atoms with van der Waals surface area (Å²) >= 11 is 0. The minimum absolute atomic E-state index is 0.234. The second-order valence-electron chi connectivity index (χ2n) is 7.57. The Balaban J connectivity index is 2.56. The molecule has 1 aliphatic rings. The Morgan fingerprint density at radius 2 is 1.89 bits per heavy atom. The first-order valence-corrected chi connectivity index (χ1v) is 9.79. The van der Waals surface area contributed by atoms with E-state index < -0.39 is 8.32 Å². The van der Waals surface area contributed by atoms with E-state index in [2.05, 4.69) is 47.7 Å². The molecule has 1 atom stereocenters. The fraction of sp³-hybridized carbons (Fsp3) is 0.867. The summed E-state index contributed by atoms with van der Waals surface area (Å²) in [5.74, 6) is 0.632. The number of allylic oxidation sites excluding steroid dienone is 1. The van der Waals surface area contributed by atoms with Crippen LogP contribution in [0.25, 0.3) is 0 Å². The maximum absolute atomic E-state index is 6.33. The van der Waals surface area contributed by atoms with Gasteiger partial charge in [0, 0.05) is 6.61 Å². The van der Waals surface area contributed by atoms with E-state index in [1.807, 2.05) is 6.26 Å². The summed E-state index contributed by atoms with van der Waals surface area (Å²) in [5, 5.41) is 0.298. The van der Waals surface area contributed by atoms with Crippen molar-refractivity contribution >= 4 is 8.32 Å². The zero-order valence-corrected chi connectivity index (χ0v) is 14.4. The highest BCUT2D eigenvalue weighted by Crippen LogP contribution is 2.51. The van der Waals surface area contributed by atoms with E-state index in [0.717, 1.165) is 13.0 Å².